The second-order valence-electron chi connectivity index (χ2n) is 3.78. The van der Waals surface area contributed by atoms with Crippen LogP contribution in [-0.4, -0.2) is 56.8 Å². The van der Waals surface area contributed by atoms with Gasteiger partial charge in [0.25, 0.3) is 5.56 Å². The number of aromatic nitrogens is 2. The summed E-state index contributed by atoms with van der Waals surface area (Å²) in [5.41, 5.74) is -0.326. The molecule has 0 saturated carbocycles. The van der Waals surface area contributed by atoms with E-state index in [2.05, 4.69) is 4.98 Å². The second kappa shape index (κ2) is 9.71. The number of hydrogen-bond donors (Lipinski definition) is 0. The Balaban J connectivity index is 2.27. The summed E-state index contributed by atoms with van der Waals surface area (Å²) in [7, 11) is 2.99. The van der Waals surface area contributed by atoms with Gasteiger partial charge in [-0.2, -0.15) is 0 Å². The molecule has 0 aliphatic rings. The molecule has 1 heterocycles. The fourth-order valence-corrected chi connectivity index (χ4v) is 1.61. The van der Waals surface area contributed by atoms with Crippen LogP contribution in [0.25, 0.3) is 0 Å². The summed E-state index contributed by atoms with van der Waals surface area (Å²) in [6, 6.07) is 0. The van der Waals surface area contributed by atoms with E-state index in [-0.39, 0.29) is 16.5 Å². The van der Waals surface area contributed by atoms with E-state index in [9.17, 15) is 4.79 Å². The smallest absolute Gasteiger partial charge is 0.297 e. The van der Waals surface area contributed by atoms with Crippen LogP contribution in [-0.2, 0) is 20.8 Å². The minimum absolute atomic E-state index is 0.0389. The Bertz CT molecular complexity index is 452. The maximum Gasteiger partial charge on any atom is 0.297 e. The van der Waals surface area contributed by atoms with Gasteiger partial charge >= 0.3 is 0 Å². The predicted octanol–water partition coefficient (Wildman–Crippen LogP) is 0.585. The van der Waals surface area contributed by atoms with Crippen molar-refractivity contribution in [1.29, 1.82) is 0 Å². The van der Waals surface area contributed by atoms with Gasteiger partial charge in [0.05, 0.1) is 53.0 Å². The average Bonchev–Trinajstić information content (AvgIpc) is 2.44. The fourth-order valence-electron chi connectivity index (χ4n) is 1.41. The van der Waals surface area contributed by atoms with E-state index in [1.165, 1.54) is 18.0 Å². The molecular formula is C12H19ClN2O5. The predicted molar refractivity (Wildman–Crippen MR) is 73.6 cm³/mol. The molecular weight excluding hydrogens is 288 g/mol. The van der Waals surface area contributed by atoms with E-state index in [1.807, 2.05) is 0 Å². The molecule has 1 aromatic heterocycles. The number of rotatable bonds is 10. The zero-order valence-corrected chi connectivity index (χ0v) is 12.4. The zero-order chi connectivity index (χ0) is 14.8. The van der Waals surface area contributed by atoms with Crippen LogP contribution in [0.5, 0.6) is 5.75 Å². The molecule has 8 heteroatoms. The molecule has 0 fully saturated rings. The SMILES string of the molecule is COCCOCCOCCn1cnc(Cl)c(OC)c1=O. The van der Waals surface area contributed by atoms with Gasteiger partial charge in [-0.05, 0) is 0 Å². The number of hydrogen-bond acceptors (Lipinski definition) is 6. The number of ether oxygens (including phenoxy) is 4. The van der Waals surface area contributed by atoms with Crippen molar-refractivity contribution in [2.24, 2.45) is 0 Å². The lowest BCUT2D eigenvalue weighted by atomic mass is 10.5. The van der Waals surface area contributed by atoms with E-state index in [0.717, 1.165) is 0 Å². The van der Waals surface area contributed by atoms with Crippen LogP contribution in [0.4, 0.5) is 0 Å². The van der Waals surface area contributed by atoms with Gasteiger partial charge in [0, 0.05) is 7.11 Å². The molecule has 0 N–H and O–H groups in total. The van der Waals surface area contributed by atoms with Crippen molar-refractivity contribution < 1.29 is 18.9 Å². The Labute approximate surface area is 122 Å². The molecule has 1 rings (SSSR count). The van der Waals surface area contributed by atoms with Crippen molar-refractivity contribution in [2.45, 2.75) is 6.54 Å². The molecule has 114 valence electrons. The first-order valence-corrected chi connectivity index (χ1v) is 6.51. The van der Waals surface area contributed by atoms with Gasteiger partial charge in [0.15, 0.2) is 5.15 Å². The van der Waals surface area contributed by atoms with Crippen LogP contribution in [0.15, 0.2) is 11.1 Å². The van der Waals surface area contributed by atoms with Gasteiger partial charge in [0.2, 0.25) is 5.75 Å². The summed E-state index contributed by atoms with van der Waals surface area (Å²) in [5, 5.41) is 0.0567. The number of methoxy groups -OCH3 is 2. The first-order valence-electron chi connectivity index (χ1n) is 6.14. The lowest BCUT2D eigenvalue weighted by molar-refractivity contribution is 0.0228. The monoisotopic (exact) mass is 306 g/mol. The van der Waals surface area contributed by atoms with E-state index in [0.29, 0.717) is 39.6 Å². The Morgan fingerprint density at radius 1 is 1.15 bits per heavy atom. The highest BCUT2D eigenvalue weighted by molar-refractivity contribution is 6.30. The third-order valence-corrected chi connectivity index (χ3v) is 2.71. The van der Waals surface area contributed by atoms with Crippen LogP contribution >= 0.6 is 11.6 Å². The maximum absolute atomic E-state index is 11.9. The summed E-state index contributed by atoms with van der Waals surface area (Å²) in [6.07, 6.45) is 1.37. The molecule has 0 aliphatic heterocycles. The molecule has 0 spiro atoms. The third kappa shape index (κ3) is 5.46. The second-order valence-corrected chi connectivity index (χ2v) is 4.14. The van der Waals surface area contributed by atoms with Gasteiger partial charge in [0.1, 0.15) is 0 Å². The lowest BCUT2D eigenvalue weighted by Gasteiger charge is -2.09. The number of halogens is 1. The van der Waals surface area contributed by atoms with Crippen LogP contribution in [0, 0.1) is 0 Å². The zero-order valence-electron chi connectivity index (χ0n) is 11.6. The Kier molecular flexibility index (Phi) is 8.20. The van der Waals surface area contributed by atoms with E-state index < -0.39 is 0 Å². The van der Waals surface area contributed by atoms with Crippen molar-refractivity contribution >= 4 is 11.6 Å². The van der Waals surface area contributed by atoms with Gasteiger partial charge in [-0.25, -0.2) is 4.98 Å². The van der Waals surface area contributed by atoms with Gasteiger partial charge < -0.3 is 18.9 Å². The first-order chi connectivity index (χ1) is 9.70. The minimum atomic E-state index is -0.326. The van der Waals surface area contributed by atoms with E-state index in [1.54, 1.807) is 7.11 Å². The van der Waals surface area contributed by atoms with Crippen molar-refractivity contribution in [1.82, 2.24) is 9.55 Å². The van der Waals surface area contributed by atoms with Crippen LogP contribution in [0.1, 0.15) is 0 Å². The van der Waals surface area contributed by atoms with Gasteiger partial charge in [-0.15, -0.1) is 0 Å². The summed E-state index contributed by atoms with van der Waals surface area (Å²) < 4.78 is 21.7. The van der Waals surface area contributed by atoms with Crippen LogP contribution < -0.4 is 10.3 Å². The highest BCUT2D eigenvalue weighted by Crippen LogP contribution is 2.14. The fraction of sp³-hybridized carbons (Fsp3) is 0.667. The molecule has 0 bridgehead atoms. The average molecular weight is 307 g/mol. The molecule has 7 nitrogen and oxygen atoms in total. The molecule has 1 aromatic rings. The van der Waals surface area contributed by atoms with Crippen LogP contribution in [0.3, 0.4) is 0 Å². The summed E-state index contributed by atoms with van der Waals surface area (Å²) in [6.45, 7) is 2.79. The molecule has 20 heavy (non-hydrogen) atoms. The highest BCUT2D eigenvalue weighted by Gasteiger charge is 2.09. The minimum Gasteiger partial charge on any atom is -0.489 e. The largest absolute Gasteiger partial charge is 0.489 e. The highest BCUT2D eigenvalue weighted by atomic mass is 35.5. The Morgan fingerprint density at radius 2 is 1.80 bits per heavy atom. The summed E-state index contributed by atoms with van der Waals surface area (Å²) >= 11 is 5.74. The van der Waals surface area contributed by atoms with Crippen molar-refractivity contribution in [3.8, 4) is 5.75 Å². The third-order valence-electron chi connectivity index (χ3n) is 2.44. The van der Waals surface area contributed by atoms with Gasteiger partial charge in [-0.1, -0.05) is 11.6 Å². The van der Waals surface area contributed by atoms with Crippen LogP contribution in [0.2, 0.25) is 5.15 Å². The first kappa shape index (κ1) is 16.9. The molecule has 0 aromatic carbocycles. The van der Waals surface area contributed by atoms with E-state index in [4.69, 9.17) is 30.5 Å². The number of nitrogens with zero attached hydrogens (tertiary/aromatic N) is 2. The standard InChI is InChI=1S/C12H19ClN2O5/c1-17-5-6-20-8-7-19-4-3-15-9-14-11(13)10(18-2)12(15)16/h9H,3-8H2,1-2H3. The quantitative estimate of drug-likeness (QED) is 0.465. The molecule has 0 unspecified atom stereocenters. The van der Waals surface area contributed by atoms with Crippen molar-refractivity contribution in [2.75, 3.05) is 47.3 Å². The Morgan fingerprint density at radius 3 is 2.45 bits per heavy atom. The van der Waals surface area contributed by atoms with Gasteiger partial charge in [-0.3, -0.25) is 9.36 Å². The maximum atomic E-state index is 11.9. The molecule has 0 aliphatic carbocycles. The molecule has 0 amide bonds. The topological polar surface area (TPSA) is 71.8 Å². The Hall–Kier alpha value is -1.15. The van der Waals surface area contributed by atoms with E-state index >= 15 is 0 Å². The molecule has 0 radical (unpaired) electrons. The molecule has 0 saturated heterocycles. The lowest BCUT2D eigenvalue weighted by Crippen LogP contribution is -2.24. The van der Waals surface area contributed by atoms with Crippen molar-refractivity contribution in [3.05, 3.63) is 21.8 Å². The molecule has 0 atom stereocenters. The van der Waals surface area contributed by atoms with Crippen molar-refractivity contribution in [3.63, 3.8) is 0 Å². The summed E-state index contributed by atoms with van der Waals surface area (Å²) in [4.78, 5) is 15.7. The normalized spacial score (nSPS) is 10.8. The summed E-state index contributed by atoms with van der Waals surface area (Å²) in [5.74, 6) is 0.0389.